The van der Waals surface area contributed by atoms with Crippen LogP contribution in [0.2, 0.25) is 0 Å². The van der Waals surface area contributed by atoms with E-state index in [1.165, 1.54) is 0 Å². The van der Waals surface area contributed by atoms with Gasteiger partial charge in [-0.25, -0.2) is 4.79 Å². The van der Waals surface area contributed by atoms with Crippen LogP contribution in [-0.2, 0) is 19.1 Å². The number of amides is 2. The topological polar surface area (TPSA) is 84.9 Å². The molecule has 3 aliphatic carbocycles. The summed E-state index contributed by atoms with van der Waals surface area (Å²) in [5, 5.41) is 2.60. The molecule has 5 aliphatic rings. The molecule has 3 saturated carbocycles. The first kappa shape index (κ1) is 26.9. The summed E-state index contributed by atoms with van der Waals surface area (Å²) in [5.74, 6) is 0.455. The van der Waals surface area contributed by atoms with Gasteiger partial charge >= 0.3 is 6.09 Å². The first-order chi connectivity index (χ1) is 17.5. The highest BCUT2D eigenvalue weighted by molar-refractivity contribution is 5.94. The van der Waals surface area contributed by atoms with Crippen LogP contribution in [0, 0.1) is 45.8 Å². The van der Waals surface area contributed by atoms with Gasteiger partial charge in [-0.3, -0.25) is 14.9 Å². The van der Waals surface area contributed by atoms with Crippen molar-refractivity contribution in [3.05, 3.63) is 12.2 Å². The largest absolute Gasteiger partial charge is 0.445 e. The van der Waals surface area contributed by atoms with Gasteiger partial charge < -0.3 is 14.4 Å². The van der Waals surface area contributed by atoms with Gasteiger partial charge in [0.1, 0.15) is 11.9 Å². The number of nitrogens with zero attached hydrogens (tertiary/aromatic N) is 1. The molecular formula is C30H46N2O5. The van der Waals surface area contributed by atoms with E-state index in [-0.39, 0.29) is 52.3 Å². The van der Waals surface area contributed by atoms with Gasteiger partial charge in [-0.2, -0.15) is 0 Å². The summed E-state index contributed by atoms with van der Waals surface area (Å²) < 4.78 is 12.4. The van der Waals surface area contributed by atoms with Gasteiger partial charge in [0, 0.05) is 49.3 Å². The summed E-state index contributed by atoms with van der Waals surface area (Å²) in [5.41, 5.74) is -1.30. The van der Waals surface area contributed by atoms with Crippen molar-refractivity contribution in [2.24, 2.45) is 45.8 Å². The Labute approximate surface area is 222 Å². The fourth-order valence-corrected chi connectivity index (χ4v) is 9.56. The third kappa shape index (κ3) is 4.02. The van der Waals surface area contributed by atoms with Gasteiger partial charge in [0.25, 0.3) is 0 Å². The fourth-order valence-electron chi connectivity index (χ4n) is 9.56. The van der Waals surface area contributed by atoms with E-state index in [9.17, 15) is 14.4 Å². The van der Waals surface area contributed by atoms with E-state index in [0.29, 0.717) is 18.9 Å². The molecular weight excluding hydrogens is 468 g/mol. The molecule has 0 spiro atoms. The summed E-state index contributed by atoms with van der Waals surface area (Å²) in [7, 11) is 1.77. The Morgan fingerprint density at radius 3 is 2.46 bits per heavy atom. The lowest BCUT2D eigenvalue weighted by Gasteiger charge is -2.61. The van der Waals surface area contributed by atoms with Crippen molar-refractivity contribution in [2.45, 2.75) is 85.4 Å². The number of allylic oxidation sites excluding steroid dienone is 2. The summed E-state index contributed by atoms with van der Waals surface area (Å²) in [6, 6.07) is 0. The highest BCUT2D eigenvalue weighted by Gasteiger charge is 2.68. The zero-order chi connectivity index (χ0) is 26.8. The van der Waals surface area contributed by atoms with Crippen LogP contribution in [0.25, 0.3) is 0 Å². The number of hydrogen-bond donors (Lipinski definition) is 1. The maximum Gasteiger partial charge on any atom is 0.414 e. The minimum absolute atomic E-state index is 0.0213. The number of imide groups is 1. The zero-order valence-electron chi connectivity index (χ0n) is 23.5. The molecule has 2 heterocycles. The SMILES string of the molecule is C/C=C/[C@]1(C)C[C@@H](OC(=O)NC(=O)[C@H]2CN3CC[C@@H]2C3)[C@@]2(C)C3[C@H](OC)CCC3(CC[C@H]2C)[C@@H](C)C1=O. The van der Waals surface area contributed by atoms with E-state index in [1.807, 2.05) is 26.0 Å². The minimum atomic E-state index is -0.748. The van der Waals surface area contributed by atoms with Gasteiger partial charge in [-0.15, -0.1) is 0 Å². The van der Waals surface area contributed by atoms with Crippen LogP contribution in [0.15, 0.2) is 12.2 Å². The first-order valence-corrected chi connectivity index (χ1v) is 14.4. The molecule has 2 amide bonds. The Bertz CT molecular complexity index is 981. The molecule has 3 unspecified atom stereocenters. The molecule has 4 bridgehead atoms. The number of hydrogen-bond acceptors (Lipinski definition) is 6. The maximum atomic E-state index is 14.2. The van der Waals surface area contributed by atoms with E-state index in [0.717, 1.165) is 45.2 Å². The predicted molar refractivity (Wildman–Crippen MR) is 141 cm³/mol. The number of nitrogens with one attached hydrogen (secondary N) is 1. The Kier molecular flexibility index (Phi) is 6.88. The molecule has 7 nitrogen and oxygen atoms in total. The summed E-state index contributed by atoms with van der Waals surface area (Å²) in [4.78, 5) is 42.9. The van der Waals surface area contributed by atoms with Crippen LogP contribution in [0.4, 0.5) is 4.79 Å². The van der Waals surface area contributed by atoms with Crippen LogP contribution in [0.1, 0.15) is 73.1 Å². The third-order valence-electron chi connectivity index (χ3n) is 11.8. The number of carbonyl (C=O) groups is 3. The molecule has 11 atom stereocenters. The number of carbonyl (C=O) groups excluding carboxylic acids is 3. The van der Waals surface area contributed by atoms with Crippen molar-refractivity contribution >= 4 is 17.8 Å². The molecule has 0 radical (unpaired) electrons. The van der Waals surface area contributed by atoms with Crippen molar-refractivity contribution < 1.29 is 23.9 Å². The number of ketones is 1. The van der Waals surface area contributed by atoms with Crippen LogP contribution >= 0.6 is 0 Å². The smallest absolute Gasteiger partial charge is 0.414 e. The first-order valence-electron chi connectivity index (χ1n) is 14.4. The lowest BCUT2D eigenvalue weighted by molar-refractivity contribution is -0.189. The second kappa shape index (κ2) is 9.48. The van der Waals surface area contributed by atoms with Crippen LogP contribution in [-0.4, -0.2) is 61.6 Å². The van der Waals surface area contributed by atoms with Crippen LogP contribution in [0.3, 0.4) is 0 Å². The monoisotopic (exact) mass is 514 g/mol. The number of piperidine rings is 1. The van der Waals surface area contributed by atoms with Crippen LogP contribution < -0.4 is 5.32 Å². The summed E-state index contributed by atoms with van der Waals surface area (Å²) in [6.07, 6.45) is 8.04. The lowest BCUT2D eigenvalue weighted by Crippen LogP contribution is -2.63. The van der Waals surface area contributed by atoms with Crippen molar-refractivity contribution in [1.29, 1.82) is 0 Å². The van der Waals surface area contributed by atoms with E-state index < -0.39 is 17.6 Å². The average molecular weight is 515 g/mol. The highest BCUT2D eigenvalue weighted by Crippen LogP contribution is 2.68. The quantitative estimate of drug-likeness (QED) is 0.552. The Morgan fingerprint density at radius 2 is 1.84 bits per heavy atom. The predicted octanol–water partition coefficient (Wildman–Crippen LogP) is 4.60. The molecule has 5 rings (SSSR count). The Morgan fingerprint density at radius 1 is 1.11 bits per heavy atom. The highest BCUT2D eigenvalue weighted by atomic mass is 16.6. The standard InChI is InChI=1S/C30H46N2O5/c1-7-11-28(4)15-23(37-27(35)31-26(34)21-17-32-14-10-20(21)16-32)29(5)18(2)8-12-30(19(3)25(28)33)13-9-22(36-6)24(29)30/h7,11,18-24H,8-10,12-17H2,1-6H3,(H,31,34,35)/b11-7+/t18-,19+,20-,21+,22-,23-,24?,28-,29+,30?/m1/s1. The lowest BCUT2D eigenvalue weighted by atomic mass is 9.44. The molecule has 206 valence electrons. The average Bonchev–Trinajstić information content (AvgIpc) is 3.59. The summed E-state index contributed by atoms with van der Waals surface area (Å²) >= 11 is 0. The summed E-state index contributed by atoms with van der Waals surface area (Å²) in [6.45, 7) is 13.3. The second-order valence-electron chi connectivity index (χ2n) is 13.3. The van der Waals surface area contributed by atoms with Gasteiger partial charge in [-0.1, -0.05) is 32.9 Å². The molecule has 0 aromatic carbocycles. The molecule has 2 saturated heterocycles. The fraction of sp³-hybridized carbons (Fsp3) is 0.833. The number of fused-ring (bicyclic) bond motifs is 2. The van der Waals surface area contributed by atoms with E-state index >= 15 is 0 Å². The number of Topliss-reactive ketones (excluding diaryl/α,β-unsaturated/α-hetero) is 1. The Hall–Kier alpha value is -1.73. The van der Waals surface area contributed by atoms with Crippen molar-refractivity contribution in [1.82, 2.24) is 10.2 Å². The molecule has 7 heteroatoms. The van der Waals surface area contributed by atoms with Gasteiger partial charge in [0.15, 0.2) is 0 Å². The molecule has 0 aromatic heterocycles. The van der Waals surface area contributed by atoms with E-state index in [2.05, 4.69) is 31.0 Å². The molecule has 5 fully saturated rings. The van der Waals surface area contributed by atoms with Crippen molar-refractivity contribution in [2.75, 3.05) is 26.7 Å². The Balaban J connectivity index is 1.49. The molecule has 1 N–H and O–H groups in total. The number of methoxy groups -OCH3 is 1. The maximum absolute atomic E-state index is 14.2. The van der Waals surface area contributed by atoms with Crippen LogP contribution in [0.5, 0.6) is 0 Å². The second-order valence-corrected chi connectivity index (χ2v) is 13.3. The number of rotatable bonds is 4. The van der Waals surface area contributed by atoms with E-state index in [1.54, 1.807) is 7.11 Å². The number of ether oxygens (including phenoxy) is 2. The normalized spacial score (nSPS) is 49.0. The van der Waals surface area contributed by atoms with Gasteiger partial charge in [0.05, 0.1) is 12.0 Å². The van der Waals surface area contributed by atoms with Crippen molar-refractivity contribution in [3.8, 4) is 0 Å². The number of alkyl carbamates (subject to hydrolysis) is 1. The van der Waals surface area contributed by atoms with Gasteiger partial charge in [-0.05, 0) is 69.7 Å². The van der Waals surface area contributed by atoms with Crippen molar-refractivity contribution in [3.63, 3.8) is 0 Å². The molecule has 0 aromatic rings. The molecule has 2 aliphatic heterocycles. The van der Waals surface area contributed by atoms with E-state index in [4.69, 9.17) is 9.47 Å². The van der Waals surface area contributed by atoms with Gasteiger partial charge in [0.2, 0.25) is 5.91 Å². The minimum Gasteiger partial charge on any atom is -0.445 e. The third-order valence-corrected chi connectivity index (χ3v) is 11.8. The molecule has 37 heavy (non-hydrogen) atoms. The zero-order valence-corrected chi connectivity index (χ0v) is 23.5.